The Balaban J connectivity index is 2.22. The number of aliphatic hydroxyl groups is 1. The first-order valence-electron chi connectivity index (χ1n) is 7.87. The molecule has 22 heavy (non-hydrogen) atoms. The fourth-order valence-corrected chi connectivity index (χ4v) is 2.17. The molecule has 0 amide bonds. The van der Waals surface area contributed by atoms with Crippen LogP contribution in [0, 0.1) is 0 Å². The number of rotatable bonds is 8. The Hall–Kier alpha value is -1.10. The Morgan fingerprint density at radius 3 is 2.14 bits per heavy atom. The van der Waals surface area contributed by atoms with Gasteiger partial charge in [-0.05, 0) is 23.1 Å². The molecule has 1 N–H and O–H groups in total. The largest absolute Gasteiger partial charge is 0.491 e. The van der Waals surface area contributed by atoms with Gasteiger partial charge in [-0.1, -0.05) is 32.9 Å². The third kappa shape index (κ3) is 7.78. The van der Waals surface area contributed by atoms with Crippen molar-refractivity contribution < 1.29 is 19.1 Å². The minimum absolute atomic E-state index is 0.156. The monoisotopic (exact) mass is 310 g/mol. The Morgan fingerprint density at radius 1 is 1.05 bits per heavy atom. The predicted octanol–water partition coefficient (Wildman–Crippen LogP) is 2.45. The van der Waals surface area contributed by atoms with Crippen LogP contribution in [-0.4, -0.2) is 63.2 Å². The number of hydrogen-bond donors (Lipinski definition) is 1. The Bertz CT molecular complexity index is 429. The van der Waals surface area contributed by atoms with Gasteiger partial charge >= 0.3 is 0 Å². The summed E-state index contributed by atoms with van der Waals surface area (Å²) >= 11 is 0. The number of likely N-dealkylation sites (N-methyl/N-ethyl adjacent to an activating group) is 1. The van der Waals surface area contributed by atoms with E-state index in [9.17, 15) is 5.11 Å². The quantitative estimate of drug-likeness (QED) is 0.592. The number of quaternary nitrogens is 1. The molecule has 0 saturated carbocycles. The molecular weight excluding hydrogens is 278 g/mol. The van der Waals surface area contributed by atoms with Crippen molar-refractivity contribution in [1.29, 1.82) is 0 Å². The maximum Gasteiger partial charge on any atom is 0.126 e. The lowest BCUT2D eigenvalue weighted by Gasteiger charge is -2.26. The van der Waals surface area contributed by atoms with Crippen LogP contribution in [0.4, 0.5) is 0 Å². The molecular formula is C18H32NO3+. The molecule has 1 aromatic rings. The molecule has 1 unspecified atom stereocenters. The lowest BCUT2D eigenvalue weighted by molar-refractivity contribution is -0.873. The van der Waals surface area contributed by atoms with Gasteiger partial charge < -0.3 is 19.1 Å². The van der Waals surface area contributed by atoms with Crippen LogP contribution >= 0.6 is 0 Å². The van der Waals surface area contributed by atoms with Crippen LogP contribution in [0.3, 0.4) is 0 Å². The van der Waals surface area contributed by atoms with E-state index in [-0.39, 0.29) is 5.41 Å². The minimum atomic E-state index is -0.439. The molecule has 4 heteroatoms. The zero-order valence-corrected chi connectivity index (χ0v) is 14.9. The fraction of sp³-hybridized carbons (Fsp3) is 0.667. The van der Waals surface area contributed by atoms with E-state index in [0.717, 1.165) is 10.2 Å². The molecule has 0 heterocycles. The second-order valence-electron chi connectivity index (χ2n) is 7.82. The van der Waals surface area contributed by atoms with Crippen molar-refractivity contribution in [3.05, 3.63) is 29.8 Å². The SMILES string of the molecule is CC(C)(C)c1ccc(OCCOCC(O)C[N+](C)(C)C)cc1. The molecule has 126 valence electrons. The first-order chi connectivity index (χ1) is 10.1. The van der Waals surface area contributed by atoms with Crippen LogP contribution in [0.2, 0.25) is 0 Å². The van der Waals surface area contributed by atoms with Crippen LogP contribution in [0.15, 0.2) is 24.3 Å². The highest BCUT2D eigenvalue weighted by Gasteiger charge is 2.15. The third-order valence-electron chi connectivity index (χ3n) is 3.29. The van der Waals surface area contributed by atoms with Gasteiger partial charge in [0.05, 0.1) is 34.4 Å². The lowest BCUT2D eigenvalue weighted by atomic mass is 9.87. The fourth-order valence-electron chi connectivity index (χ4n) is 2.17. The van der Waals surface area contributed by atoms with Crippen molar-refractivity contribution in [1.82, 2.24) is 0 Å². The summed E-state index contributed by atoms with van der Waals surface area (Å²) in [6, 6.07) is 8.18. The van der Waals surface area contributed by atoms with Crippen LogP contribution < -0.4 is 4.74 Å². The van der Waals surface area contributed by atoms with Crippen LogP contribution in [-0.2, 0) is 10.2 Å². The number of aliphatic hydroxyl groups excluding tert-OH is 1. The molecule has 0 saturated heterocycles. The Morgan fingerprint density at radius 2 is 1.64 bits per heavy atom. The molecule has 0 aromatic heterocycles. The first-order valence-corrected chi connectivity index (χ1v) is 7.87. The summed E-state index contributed by atoms with van der Waals surface area (Å²) in [5, 5.41) is 9.83. The third-order valence-corrected chi connectivity index (χ3v) is 3.29. The van der Waals surface area contributed by atoms with E-state index in [1.54, 1.807) is 0 Å². The van der Waals surface area contributed by atoms with E-state index < -0.39 is 6.10 Å². The Kier molecular flexibility index (Phi) is 6.85. The van der Waals surface area contributed by atoms with Crippen molar-refractivity contribution in [2.24, 2.45) is 0 Å². The maximum absolute atomic E-state index is 9.83. The standard InChI is InChI=1S/C18H32NO3/c1-18(2,3)15-7-9-17(10-8-15)22-12-11-21-14-16(20)13-19(4,5)6/h7-10,16,20H,11-14H2,1-6H3/q+1. The van der Waals surface area contributed by atoms with Gasteiger partial charge in [-0.3, -0.25) is 0 Å². The average molecular weight is 310 g/mol. The highest BCUT2D eigenvalue weighted by Crippen LogP contribution is 2.24. The van der Waals surface area contributed by atoms with Gasteiger partial charge in [0.25, 0.3) is 0 Å². The predicted molar refractivity (Wildman–Crippen MR) is 90.4 cm³/mol. The summed E-state index contributed by atoms with van der Waals surface area (Å²) in [5.41, 5.74) is 1.45. The number of hydrogen-bond acceptors (Lipinski definition) is 3. The Labute approximate surface area is 135 Å². The summed E-state index contributed by atoms with van der Waals surface area (Å²) in [5.74, 6) is 0.850. The van der Waals surface area contributed by atoms with Crippen molar-refractivity contribution in [2.45, 2.75) is 32.3 Å². The summed E-state index contributed by atoms with van der Waals surface area (Å²) < 4.78 is 11.8. The van der Waals surface area contributed by atoms with E-state index in [4.69, 9.17) is 9.47 Å². The van der Waals surface area contributed by atoms with Gasteiger partial charge in [0, 0.05) is 0 Å². The van der Waals surface area contributed by atoms with Crippen molar-refractivity contribution in [3.8, 4) is 5.75 Å². The lowest BCUT2D eigenvalue weighted by Crippen LogP contribution is -2.43. The van der Waals surface area contributed by atoms with Gasteiger partial charge in [0.1, 0.15) is 25.0 Å². The molecule has 0 aliphatic heterocycles. The van der Waals surface area contributed by atoms with Crippen molar-refractivity contribution >= 4 is 0 Å². The minimum Gasteiger partial charge on any atom is -0.491 e. The number of ether oxygens (including phenoxy) is 2. The van der Waals surface area contributed by atoms with Crippen LogP contribution in [0.25, 0.3) is 0 Å². The number of benzene rings is 1. The van der Waals surface area contributed by atoms with E-state index in [2.05, 4.69) is 32.9 Å². The molecule has 0 spiro atoms. The van der Waals surface area contributed by atoms with Crippen LogP contribution in [0.1, 0.15) is 26.3 Å². The maximum atomic E-state index is 9.83. The van der Waals surface area contributed by atoms with E-state index >= 15 is 0 Å². The summed E-state index contributed by atoms with van der Waals surface area (Å²) in [7, 11) is 6.15. The molecule has 0 bridgehead atoms. The normalized spacial score (nSPS) is 14.0. The van der Waals surface area contributed by atoms with E-state index in [0.29, 0.717) is 26.4 Å². The second kappa shape index (κ2) is 7.95. The smallest absolute Gasteiger partial charge is 0.126 e. The molecule has 0 radical (unpaired) electrons. The highest BCUT2D eigenvalue weighted by atomic mass is 16.5. The van der Waals surface area contributed by atoms with E-state index in [1.807, 2.05) is 33.3 Å². The average Bonchev–Trinajstić information content (AvgIpc) is 2.35. The second-order valence-corrected chi connectivity index (χ2v) is 7.82. The zero-order chi connectivity index (χ0) is 16.8. The molecule has 1 atom stereocenters. The molecule has 0 aliphatic carbocycles. The summed E-state index contributed by atoms with van der Waals surface area (Å²) in [6.45, 7) is 8.58. The molecule has 4 nitrogen and oxygen atoms in total. The van der Waals surface area contributed by atoms with Gasteiger partial charge in [0.2, 0.25) is 0 Å². The van der Waals surface area contributed by atoms with Crippen molar-refractivity contribution in [2.75, 3.05) is 47.5 Å². The first kappa shape index (κ1) is 18.9. The summed E-state index contributed by atoms with van der Waals surface area (Å²) in [4.78, 5) is 0. The molecule has 1 aromatic carbocycles. The summed E-state index contributed by atoms with van der Waals surface area (Å²) in [6.07, 6.45) is -0.439. The zero-order valence-electron chi connectivity index (χ0n) is 14.9. The van der Waals surface area contributed by atoms with Gasteiger partial charge in [-0.25, -0.2) is 0 Å². The highest BCUT2D eigenvalue weighted by molar-refractivity contribution is 5.31. The van der Waals surface area contributed by atoms with Gasteiger partial charge in [-0.15, -0.1) is 0 Å². The molecule has 0 fully saturated rings. The van der Waals surface area contributed by atoms with Gasteiger partial charge in [0.15, 0.2) is 0 Å². The molecule has 0 aliphatic rings. The van der Waals surface area contributed by atoms with Crippen molar-refractivity contribution in [3.63, 3.8) is 0 Å². The molecule has 1 rings (SSSR count). The topological polar surface area (TPSA) is 38.7 Å². The van der Waals surface area contributed by atoms with Crippen LogP contribution in [0.5, 0.6) is 5.75 Å². The van der Waals surface area contributed by atoms with E-state index in [1.165, 1.54) is 5.56 Å². The number of nitrogens with zero attached hydrogens (tertiary/aromatic N) is 1. The van der Waals surface area contributed by atoms with Gasteiger partial charge in [-0.2, -0.15) is 0 Å².